The van der Waals surface area contributed by atoms with E-state index in [4.69, 9.17) is 44.8 Å². The third-order valence-electron chi connectivity index (χ3n) is 1.57. The molecule has 0 atom stereocenters. The van der Waals surface area contributed by atoms with Gasteiger partial charge < -0.3 is 4.74 Å². The molecule has 0 saturated carbocycles. The second kappa shape index (κ2) is 5.87. The average molecular weight is 263 g/mol. The molecular formula is C10H6Cl3NO. The van der Waals surface area contributed by atoms with Gasteiger partial charge in [-0.15, -0.1) is 0 Å². The van der Waals surface area contributed by atoms with Crippen LogP contribution in [0, 0.1) is 11.3 Å². The minimum absolute atomic E-state index is 0.111. The lowest BCUT2D eigenvalue weighted by molar-refractivity contribution is 0.358. The molecule has 78 valence electrons. The third kappa shape index (κ3) is 3.32. The second-order valence-electron chi connectivity index (χ2n) is 2.57. The van der Waals surface area contributed by atoms with Crippen molar-refractivity contribution in [3.63, 3.8) is 0 Å². The van der Waals surface area contributed by atoms with Gasteiger partial charge in [0.1, 0.15) is 24.0 Å². The van der Waals surface area contributed by atoms with Crippen LogP contribution in [-0.2, 0) is 0 Å². The number of ether oxygens (including phenoxy) is 1. The lowest BCUT2D eigenvalue weighted by atomic mass is 10.2. The summed E-state index contributed by atoms with van der Waals surface area (Å²) in [6, 6.07) is 6.90. The van der Waals surface area contributed by atoms with E-state index in [0.717, 1.165) is 0 Å². The van der Waals surface area contributed by atoms with Gasteiger partial charge in [0.15, 0.2) is 0 Å². The zero-order chi connectivity index (χ0) is 11.3. The molecule has 0 aliphatic carbocycles. The maximum Gasteiger partial charge on any atom is 0.139 e. The van der Waals surface area contributed by atoms with Crippen LogP contribution in [0.1, 0.15) is 5.56 Å². The quantitative estimate of drug-likeness (QED) is 0.827. The fourth-order valence-electron chi connectivity index (χ4n) is 0.911. The van der Waals surface area contributed by atoms with Crippen LogP contribution in [0.4, 0.5) is 0 Å². The highest BCUT2D eigenvalue weighted by Gasteiger charge is 2.07. The van der Waals surface area contributed by atoms with Gasteiger partial charge in [-0.05, 0) is 12.1 Å². The minimum Gasteiger partial charge on any atom is -0.487 e. The highest BCUT2D eigenvalue weighted by molar-refractivity contribution is 6.36. The molecule has 0 spiro atoms. The number of benzene rings is 1. The molecule has 0 aromatic heterocycles. The maximum atomic E-state index is 8.83. The van der Waals surface area contributed by atoms with Crippen LogP contribution in [0.3, 0.4) is 0 Å². The predicted octanol–water partition coefficient (Wildman–Crippen LogP) is 3.91. The van der Waals surface area contributed by atoms with Crippen molar-refractivity contribution >= 4 is 34.8 Å². The van der Waals surface area contributed by atoms with Gasteiger partial charge in [0.25, 0.3) is 0 Å². The molecule has 0 aliphatic rings. The highest BCUT2D eigenvalue weighted by Crippen LogP contribution is 2.25. The standard InChI is InChI=1S/C10H6Cl3NO/c11-4-7(12)6-15-10-3-1-2-9(13)8(10)5-14/h1-4H,6H2/b7-4+. The van der Waals surface area contributed by atoms with Crippen molar-refractivity contribution in [2.45, 2.75) is 0 Å². The summed E-state index contributed by atoms with van der Waals surface area (Å²) >= 11 is 16.8. The number of hydrogen-bond donors (Lipinski definition) is 0. The number of hydrogen-bond acceptors (Lipinski definition) is 2. The summed E-state index contributed by atoms with van der Waals surface area (Å²) in [5.74, 6) is 0.390. The van der Waals surface area contributed by atoms with Crippen LogP contribution in [-0.4, -0.2) is 6.61 Å². The molecule has 1 rings (SSSR count). The van der Waals surface area contributed by atoms with Crippen LogP contribution in [0.5, 0.6) is 5.75 Å². The Hall–Kier alpha value is -0.880. The molecule has 1 aromatic carbocycles. The second-order valence-corrected chi connectivity index (χ2v) is 3.68. The number of rotatable bonds is 3. The Kier molecular flexibility index (Phi) is 4.77. The van der Waals surface area contributed by atoms with Crippen molar-refractivity contribution in [2.75, 3.05) is 6.61 Å². The highest BCUT2D eigenvalue weighted by atomic mass is 35.5. The monoisotopic (exact) mass is 261 g/mol. The first-order valence-electron chi connectivity index (χ1n) is 3.95. The molecule has 0 aliphatic heterocycles. The van der Waals surface area contributed by atoms with Crippen LogP contribution in [0.15, 0.2) is 28.8 Å². The Morgan fingerprint density at radius 2 is 2.27 bits per heavy atom. The van der Waals surface area contributed by atoms with Gasteiger partial charge in [-0.25, -0.2) is 0 Å². The van der Waals surface area contributed by atoms with Gasteiger partial charge in [-0.2, -0.15) is 5.26 Å². The third-order valence-corrected chi connectivity index (χ3v) is 2.48. The van der Waals surface area contributed by atoms with E-state index in [2.05, 4.69) is 0 Å². The summed E-state index contributed by atoms with van der Waals surface area (Å²) in [6.45, 7) is 0.111. The zero-order valence-electron chi connectivity index (χ0n) is 7.51. The van der Waals surface area contributed by atoms with E-state index in [1.165, 1.54) is 5.54 Å². The Morgan fingerprint density at radius 1 is 1.53 bits per heavy atom. The molecular weight excluding hydrogens is 256 g/mol. The fraction of sp³-hybridized carbons (Fsp3) is 0.100. The Balaban J connectivity index is 2.87. The molecule has 0 bridgehead atoms. The van der Waals surface area contributed by atoms with Crippen molar-refractivity contribution in [2.24, 2.45) is 0 Å². The molecule has 0 N–H and O–H groups in total. The molecule has 0 unspecified atom stereocenters. The molecule has 0 fully saturated rings. The zero-order valence-corrected chi connectivity index (χ0v) is 9.77. The summed E-state index contributed by atoms with van der Waals surface area (Å²) in [5.41, 5.74) is 1.50. The van der Waals surface area contributed by atoms with Gasteiger partial charge in [0.05, 0.1) is 10.1 Å². The van der Waals surface area contributed by atoms with E-state index in [9.17, 15) is 0 Å². The fourth-order valence-corrected chi connectivity index (χ4v) is 1.24. The van der Waals surface area contributed by atoms with Crippen LogP contribution in [0.25, 0.3) is 0 Å². The minimum atomic E-state index is 0.111. The number of nitriles is 1. The predicted molar refractivity (Wildman–Crippen MR) is 61.5 cm³/mol. The smallest absolute Gasteiger partial charge is 0.139 e. The normalized spacial score (nSPS) is 10.9. The van der Waals surface area contributed by atoms with Crippen LogP contribution in [0.2, 0.25) is 5.02 Å². The molecule has 0 amide bonds. The summed E-state index contributed by atoms with van der Waals surface area (Å²) < 4.78 is 5.27. The first-order valence-corrected chi connectivity index (χ1v) is 5.14. The summed E-state index contributed by atoms with van der Waals surface area (Å²) in [5, 5.41) is 9.53. The topological polar surface area (TPSA) is 33.0 Å². The van der Waals surface area contributed by atoms with Gasteiger partial charge in [-0.3, -0.25) is 0 Å². The van der Waals surface area contributed by atoms with Crippen molar-refractivity contribution < 1.29 is 4.74 Å². The summed E-state index contributed by atoms with van der Waals surface area (Å²) in [7, 11) is 0. The lowest BCUT2D eigenvalue weighted by Crippen LogP contribution is -1.98. The van der Waals surface area contributed by atoms with Crippen molar-refractivity contribution in [3.8, 4) is 11.8 Å². The Labute approximate surface area is 103 Å². The molecule has 0 saturated heterocycles. The lowest BCUT2D eigenvalue weighted by Gasteiger charge is -2.07. The molecule has 2 nitrogen and oxygen atoms in total. The molecule has 0 heterocycles. The summed E-state index contributed by atoms with van der Waals surface area (Å²) in [6.07, 6.45) is 0. The van der Waals surface area contributed by atoms with Crippen LogP contribution >= 0.6 is 34.8 Å². The SMILES string of the molecule is N#Cc1c(Cl)cccc1OC/C(Cl)=C\Cl. The largest absolute Gasteiger partial charge is 0.487 e. The molecule has 0 radical (unpaired) electrons. The average Bonchev–Trinajstić information content (AvgIpc) is 2.25. The van der Waals surface area contributed by atoms with E-state index in [-0.39, 0.29) is 6.61 Å². The maximum absolute atomic E-state index is 8.83. The van der Waals surface area contributed by atoms with Gasteiger partial charge in [-0.1, -0.05) is 40.9 Å². The van der Waals surface area contributed by atoms with Gasteiger partial charge in [0, 0.05) is 5.54 Å². The molecule has 5 heteroatoms. The van der Waals surface area contributed by atoms with E-state index in [1.807, 2.05) is 6.07 Å². The molecule has 15 heavy (non-hydrogen) atoms. The van der Waals surface area contributed by atoms with Crippen LogP contribution < -0.4 is 4.74 Å². The van der Waals surface area contributed by atoms with E-state index >= 15 is 0 Å². The van der Waals surface area contributed by atoms with Crippen molar-refractivity contribution in [3.05, 3.63) is 39.4 Å². The van der Waals surface area contributed by atoms with E-state index in [0.29, 0.717) is 21.4 Å². The Morgan fingerprint density at radius 3 is 2.87 bits per heavy atom. The summed E-state index contributed by atoms with van der Waals surface area (Å²) in [4.78, 5) is 0. The van der Waals surface area contributed by atoms with E-state index < -0.39 is 0 Å². The number of nitrogens with zero attached hydrogens (tertiary/aromatic N) is 1. The Bertz CT molecular complexity index is 423. The van der Waals surface area contributed by atoms with Gasteiger partial charge >= 0.3 is 0 Å². The van der Waals surface area contributed by atoms with E-state index in [1.54, 1.807) is 18.2 Å². The van der Waals surface area contributed by atoms with Gasteiger partial charge in [0.2, 0.25) is 0 Å². The number of halogens is 3. The van der Waals surface area contributed by atoms with Crippen molar-refractivity contribution in [1.29, 1.82) is 5.26 Å². The first-order chi connectivity index (χ1) is 7.19. The first kappa shape index (κ1) is 12.2. The van der Waals surface area contributed by atoms with Crippen molar-refractivity contribution in [1.82, 2.24) is 0 Å². The molecule has 1 aromatic rings.